The van der Waals surface area contributed by atoms with Crippen LogP contribution in [0.4, 0.5) is 0 Å². The van der Waals surface area contributed by atoms with Crippen LogP contribution in [0.15, 0.2) is 97.1 Å². The van der Waals surface area contributed by atoms with Gasteiger partial charge in [0, 0.05) is 55.1 Å². The van der Waals surface area contributed by atoms with Crippen molar-refractivity contribution in [1.82, 2.24) is 46.6 Å². The summed E-state index contributed by atoms with van der Waals surface area (Å²) < 4.78 is 20.7. The molecule has 3 saturated heterocycles. The maximum absolute atomic E-state index is 14.7. The van der Waals surface area contributed by atoms with Crippen LogP contribution in [-0.2, 0) is 42.9 Å². The predicted octanol–water partition coefficient (Wildman–Crippen LogP) is -5.70. The molecule has 3 aliphatic rings. The number of para-hydroxylation sites is 1. The summed E-state index contributed by atoms with van der Waals surface area (Å²) >= 11 is 1.18. The molecule has 0 radical (unpaired) electrons. The fourth-order valence-electron chi connectivity index (χ4n) is 10.7. The van der Waals surface area contributed by atoms with E-state index in [9.17, 15) is 84.5 Å². The van der Waals surface area contributed by atoms with E-state index < -0.39 is 183 Å². The Bertz CT molecular complexity index is 3460. The molecule has 95 heavy (non-hydrogen) atoms. The number of rotatable bonds is 22. The Balaban J connectivity index is 0.0000128. The number of amides is 8. The average Bonchev–Trinajstić information content (AvgIpc) is 1.71. The first kappa shape index (κ1) is 74.7. The number of ether oxygens (including phenoxy) is 2. The Kier molecular flexibility index (Phi) is 27.4. The molecule has 8 rings (SSSR count). The molecular weight excluding hydrogens is 1300 g/mol. The van der Waals surface area contributed by atoms with Crippen molar-refractivity contribution in [3.63, 3.8) is 0 Å². The summed E-state index contributed by atoms with van der Waals surface area (Å²) in [4.78, 5) is 115. The number of aliphatic hydroxyl groups excluding tert-OH is 7. The maximum Gasteiger partial charge on any atom is 1.00 e. The minimum Gasteiger partial charge on any atom is -0.691 e. The quantitative estimate of drug-likeness (QED) is 0.0101. The van der Waals surface area contributed by atoms with Crippen molar-refractivity contribution in [1.29, 1.82) is 0 Å². The standard InChI is InChI=1S/C60H72N10O22S2.Na/c1-29-27-70-48(49(29)77)56(84)62-26-35(72)23-39(63-52(80)31-10-12-32(13-11-31)57-67-68-58(93-57)33-14-17-38(18-15-33)89-21-7-6-20-88-37-8-4-3-5-9-37)53(81)64-45(30(2)71)59(85)69-28-36(73)24-40(69)54(82)66-47(55(83)65-46(60(70)86)42(75)25-44(61)76)51(79)50(78)34-16-19-41(74)43(22-34)90-94-92-91-87;/h3-5,8-19,22,29-30,35-36,39-40,42,45-51,71-75,77-79,87H,6-7,20-21,23-28H2,1-2H3,(H2,61,76)(H,62,84)(H,63,80)(H,64,81)(H,65,83)(H,66,82);/q;+1/p-1/t29?,30?,35?,36?,39-,40?,42?,45?,46?,47?,48?,49?,50?,51?;/m0./s1. The van der Waals surface area contributed by atoms with E-state index in [0.29, 0.717) is 34.5 Å². The molecule has 0 aliphatic carbocycles. The number of hydrogen-bond acceptors (Lipinski definition) is 26. The summed E-state index contributed by atoms with van der Waals surface area (Å²) in [5, 5.41) is 125. The van der Waals surface area contributed by atoms with Crippen molar-refractivity contribution in [3.05, 3.63) is 108 Å². The van der Waals surface area contributed by atoms with Crippen molar-refractivity contribution in [2.45, 2.75) is 125 Å². The number of hydrogen-bond donors (Lipinski definition) is 14. The maximum atomic E-state index is 14.7. The number of nitrogens with zero attached hydrogens (tertiary/aromatic N) is 4. The van der Waals surface area contributed by atoms with Crippen LogP contribution in [-0.4, -0.2) is 214 Å². The summed E-state index contributed by atoms with van der Waals surface area (Å²) in [6, 6.07) is 13.3. The summed E-state index contributed by atoms with van der Waals surface area (Å²) in [5.74, 6) is -10.6. The SMILES string of the molecule is CC(O)C1NC(=O)[C@@H](NC(=O)c2ccc(-c3nnc(-c4ccc(OCCCCOc5ccccc5)cc4)s3)cc2)CC(O)CNC(=O)C2C(O)C(C)CN2C(=O)C(C(O)CC(N)=O)NC(=O)C(C(O)C(O)c2ccc(O)c(OSOO[O-])c2)NC(=O)C2CC(O)CN2C1=O.[Na+]. The number of aliphatic hydroxyl groups is 7. The van der Waals surface area contributed by atoms with Crippen LogP contribution in [0, 0.1) is 5.92 Å². The Morgan fingerprint density at radius 3 is 1.97 bits per heavy atom. The van der Waals surface area contributed by atoms with Gasteiger partial charge in [-0.25, -0.2) is 0 Å². The third-order valence-corrected chi connectivity index (χ3v) is 17.1. The number of phenolic OH excluding ortho intramolecular Hbond substituents is 1. The van der Waals surface area contributed by atoms with E-state index in [1.54, 1.807) is 12.1 Å². The first-order chi connectivity index (χ1) is 44.9. The zero-order chi connectivity index (χ0) is 67.9. The number of benzene rings is 4. The van der Waals surface area contributed by atoms with E-state index in [4.69, 9.17) is 19.4 Å². The predicted molar refractivity (Wildman–Crippen MR) is 326 cm³/mol. The minimum atomic E-state index is -2.54. The van der Waals surface area contributed by atoms with Gasteiger partial charge in [0.2, 0.25) is 41.4 Å². The van der Waals surface area contributed by atoms with Crippen LogP contribution < -0.4 is 80.8 Å². The van der Waals surface area contributed by atoms with Crippen molar-refractivity contribution in [2.75, 3.05) is 32.8 Å². The van der Waals surface area contributed by atoms with Gasteiger partial charge in [-0.2, -0.15) is 0 Å². The third kappa shape index (κ3) is 19.5. The van der Waals surface area contributed by atoms with Gasteiger partial charge in [-0.15, -0.1) is 14.5 Å². The fourth-order valence-corrected chi connectivity index (χ4v) is 11.8. The largest absolute Gasteiger partial charge is 1.00 e. The van der Waals surface area contributed by atoms with E-state index >= 15 is 0 Å². The Labute approximate surface area is 573 Å². The number of carbonyl (C=O) groups excluding carboxylic acids is 8. The molecule has 5 aromatic rings. The van der Waals surface area contributed by atoms with Gasteiger partial charge < -0.3 is 102 Å². The van der Waals surface area contributed by atoms with Crippen LogP contribution in [0.2, 0.25) is 0 Å². The molecular formula is C60H71N10NaO22S2. The van der Waals surface area contributed by atoms with Crippen LogP contribution in [0.5, 0.6) is 23.0 Å². The topological polar surface area (TPSA) is 486 Å². The summed E-state index contributed by atoms with van der Waals surface area (Å²) in [6.07, 6.45) is -14.7. The van der Waals surface area contributed by atoms with Crippen molar-refractivity contribution in [3.8, 4) is 44.1 Å². The monoisotopic (exact) mass is 1370 g/mol. The summed E-state index contributed by atoms with van der Waals surface area (Å²) in [5.41, 5.74) is 6.31. The van der Waals surface area contributed by atoms with Crippen LogP contribution in [0.1, 0.15) is 68.0 Å². The Hall–Kier alpha value is -7.65. The van der Waals surface area contributed by atoms with Crippen LogP contribution in [0.3, 0.4) is 0 Å². The molecule has 32 nitrogen and oxygen atoms in total. The number of β-amino-alcohol motifs (C(OH)–C–C–N with tert-alkyl or cyclic N) is 1. The molecule has 4 aromatic carbocycles. The average molecular weight is 1370 g/mol. The smallest absolute Gasteiger partial charge is 0.691 e. The molecule has 0 bridgehead atoms. The van der Waals surface area contributed by atoms with E-state index in [1.807, 2.05) is 54.6 Å². The zero-order valence-electron chi connectivity index (χ0n) is 51.4. The van der Waals surface area contributed by atoms with Gasteiger partial charge in [0.1, 0.15) is 70.0 Å². The molecule has 3 aliphatic heterocycles. The molecule has 35 heteroatoms. The summed E-state index contributed by atoms with van der Waals surface area (Å²) in [6.45, 7) is 1.70. The number of aromatic hydroxyl groups is 1. The van der Waals surface area contributed by atoms with Crippen LogP contribution >= 0.6 is 23.7 Å². The number of nitrogens with two attached hydrogens (primary N) is 1. The second kappa shape index (κ2) is 34.8. The Morgan fingerprint density at radius 2 is 1.35 bits per heavy atom. The molecule has 4 heterocycles. The Morgan fingerprint density at radius 1 is 0.747 bits per heavy atom. The molecule has 0 spiro atoms. The first-order valence-corrected chi connectivity index (χ1v) is 31.0. The minimum absolute atomic E-state index is 0. The van der Waals surface area contributed by atoms with Gasteiger partial charge in [-0.1, -0.05) is 54.7 Å². The molecule has 3 fully saturated rings. The van der Waals surface area contributed by atoms with Gasteiger partial charge in [0.15, 0.2) is 11.5 Å². The van der Waals surface area contributed by atoms with E-state index in [-0.39, 0.29) is 53.0 Å². The molecule has 13 unspecified atom stereocenters. The van der Waals surface area contributed by atoms with Crippen LogP contribution in [0.25, 0.3) is 21.1 Å². The molecule has 8 amide bonds. The van der Waals surface area contributed by atoms with Gasteiger partial charge in [-0.3, -0.25) is 43.4 Å². The first-order valence-electron chi connectivity index (χ1n) is 29.6. The molecule has 506 valence electrons. The normalized spacial score (nSPS) is 24.4. The number of unbranched alkanes of at least 4 members (excludes halogenated alkanes) is 1. The number of phenols is 1. The molecule has 1 aromatic heterocycles. The van der Waals surface area contributed by atoms with Gasteiger partial charge in [0.25, 0.3) is 18.2 Å². The zero-order valence-corrected chi connectivity index (χ0v) is 55.0. The number of fused-ring (bicyclic) bond motifs is 2. The van der Waals surface area contributed by atoms with E-state index in [2.05, 4.69) is 46.2 Å². The van der Waals surface area contributed by atoms with Crippen molar-refractivity contribution in [2.24, 2.45) is 11.7 Å². The fraction of sp³-hybridized carbons (Fsp3) is 0.433. The number of nitrogens with one attached hydrogen (secondary N) is 5. The second-order valence-corrected chi connectivity index (χ2v) is 24.0. The van der Waals surface area contributed by atoms with E-state index in [1.165, 1.54) is 30.4 Å². The molecule has 15 N–H and O–H groups in total. The number of primary amides is 1. The van der Waals surface area contributed by atoms with Gasteiger partial charge in [0.05, 0.1) is 50.2 Å². The van der Waals surface area contributed by atoms with Crippen molar-refractivity contribution >= 4 is 70.9 Å². The number of aromatic nitrogens is 2. The molecule has 0 saturated carbocycles. The molecule has 14 atom stereocenters. The van der Waals surface area contributed by atoms with Gasteiger partial charge in [-0.05, 0) is 86.0 Å². The van der Waals surface area contributed by atoms with Gasteiger partial charge >= 0.3 is 29.6 Å². The summed E-state index contributed by atoms with van der Waals surface area (Å²) in [7, 11) is 0. The second-order valence-electron chi connectivity index (χ2n) is 22.6. The third-order valence-electron chi connectivity index (χ3n) is 15.7. The van der Waals surface area contributed by atoms with Crippen molar-refractivity contribution < 1.29 is 137 Å². The number of carbonyl (C=O) groups is 8. The van der Waals surface area contributed by atoms with E-state index in [0.717, 1.165) is 59.1 Å².